The zero-order valence-corrected chi connectivity index (χ0v) is 16.3. The van der Waals surface area contributed by atoms with Crippen molar-refractivity contribution in [2.45, 2.75) is 97.6 Å². The van der Waals surface area contributed by atoms with Gasteiger partial charge in [-0.25, -0.2) is 0 Å². The number of hydrogen-bond donors (Lipinski definition) is 0. The fourth-order valence-electron chi connectivity index (χ4n) is 2.69. The Labute approximate surface area is 142 Å². The molecule has 2 rings (SSSR count). The van der Waals surface area contributed by atoms with Crippen molar-refractivity contribution in [2.75, 3.05) is 0 Å². The van der Waals surface area contributed by atoms with Crippen LogP contribution in [0.2, 0.25) is 0 Å². The van der Waals surface area contributed by atoms with Crippen LogP contribution in [-0.4, -0.2) is 36.6 Å². The topological polar surface area (TPSA) is 36.9 Å². The van der Waals surface area contributed by atoms with Crippen molar-refractivity contribution in [1.29, 1.82) is 0 Å². The highest BCUT2D eigenvalue weighted by Crippen LogP contribution is 2.41. The van der Waals surface area contributed by atoms with Gasteiger partial charge in [0, 0.05) is 0 Å². The van der Waals surface area contributed by atoms with Crippen LogP contribution in [0.1, 0.15) is 75.2 Å². The lowest BCUT2D eigenvalue weighted by Gasteiger charge is -2.32. The second-order valence-electron chi connectivity index (χ2n) is 8.70. The largest absolute Gasteiger partial charge is 0.489 e. The smallest absolute Gasteiger partial charge is 0.400 e. The summed E-state index contributed by atoms with van der Waals surface area (Å²) in [6.07, 6.45) is 1.93. The molecule has 130 valence electrons. The Morgan fingerprint density at radius 2 is 1.13 bits per heavy atom. The lowest BCUT2D eigenvalue weighted by Crippen LogP contribution is -2.41. The van der Waals surface area contributed by atoms with Crippen LogP contribution in [0.3, 0.4) is 0 Å². The predicted octanol–water partition coefficient (Wildman–Crippen LogP) is 3.98. The van der Waals surface area contributed by atoms with Gasteiger partial charge < -0.3 is 18.6 Å². The van der Waals surface area contributed by atoms with Gasteiger partial charge in [-0.3, -0.25) is 0 Å². The normalized spacial score (nSPS) is 28.5. The van der Waals surface area contributed by atoms with Gasteiger partial charge in [-0.2, -0.15) is 0 Å². The molecule has 2 aliphatic heterocycles. The highest BCUT2D eigenvalue weighted by atomic mass is 16.7. The van der Waals surface area contributed by atoms with Gasteiger partial charge in [0.05, 0.1) is 22.4 Å². The Bertz CT molecular complexity index is 451. The molecule has 0 aromatic heterocycles. The fraction of sp³-hybridized carbons (Fsp3) is 0.882. The van der Waals surface area contributed by atoms with Crippen LogP contribution in [0.25, 0.3) is 0 Å². The molecule has 2 heterocycles. The van der Waals surface area contributed by atoms with Crippen molar-refractivity contribution in [2.24, 2.45) is 0 Å². The maximum atomic E-state index is 6.19. The van der Waals surface area contributed by atoms with E-state index < -0.39 is 0 Å². The molecule has 0 amide bonds. The summed E-state index contributed by atoms with van der Waals surface area (Å²) in [5.41, 5.74) is -0.228. The van der Waals surface area contributed by atoms with E-state index in [0.717, 1.165) is 18.3 Å². The third-order valence-corrected chi connectivity index (χ3v) is 5.72. The summed E-state index contributed by atoms with van der Waals surface area (Å²) in [6.45, 7) is 18.7. The van der Waals surface area contributed by atoms with Crippen LogP contribution in [0.4, 0.5) is 0 Å². The summed E-state index contributed by atoms with van der Waals surface area (Å²) in [7, 11) is -0.695. The van der Waals surface area contributed by atoms with Crippen molar-refractivity contribution < 1.29 is 18.6 Å². The highest BCUT2D eigenvalue weighted by Gasteiger charge is 2.54. The SMILES string of the molecule is CCC/C(=C\B1OC(C)(C)C(C)(C)O1)B1OC(C)(C)C(C)(C)O1. The molecule has 0 radical (unpaired) electrons. The molecule has 0 aromatic rings. The van der Waals surface area contributed by atoms with Gasteiger partial charge in [-0.15, -0.1) is 0 Å². The maximum Gasteiger partial charge on any atom is 0.489 e. The van der Waals surface area contributed by atoms with Crippen molar-refractivity contribution in [3.8, 4) is 0 Å². The van der Waals surface area contributed by atoms with E-state index in [0.29, 0.717) is 0 Å². The lowest BCUT2D eigenvalue weighted by molar-refractivity contribution is 0.00578. The van der Waals surface area contributed by atoms with Crippen LogP contribution < -0.4 is 0 Å². The molecule has 2 fully saturated rings. The third-order valence-electron chi connectivity index (χ3n) is 5.72. The van der Waals surface area contributed by atoms with Crippen molar-refractivity contribution in [3.63, 3.8) is 0 Å². The summed E-state index contributed by atoms with van der Waals surface area (Å²) in [5.74, 6) is 2.04. The van der Waals surface area contributed by atoms with Gasteiger partial charge >= 0.3 is 14.2 Å². The Morgan fingerprint density at radius 1 is 0.739 bits per heavy atom. The quantitative estimate of drug-likeness (QED) is 0.734. The highest BCUT2D eigenvalue weighted by molar-refractivity contribution is 6.60. The van der Waals surface area contributed by atoms with E-state index in [4.69, 9.17) is 18.6 Å². The lowest BCUT2D eigenvalue weighted by atomic mass is 9.69. The first-order valence-electron chi connectivity index (χ1n) is 8.73. The first kappa shape index (κ1) is 19.0. The van der Waals surface area contributed by atoms with Crippen LogP contribution in [0, 0.1) is 0 Å². The van der Waals surface area contributed by atoms with Crippen molar-refractivity contribution in [3.05, 3.63) is 11.4 Å². The van der Waals surface area contributed by atoms with Gasteiger partial charge in [0.1, 0.15) is 0 Å². The molecule has 0 saturated carbocycles. The van der Waals surface area contributed by atoms with E-state index in [1.165, 1.54) is 0 Å². The van der Waals surface area contributed by atoms with Crippen LogP contribution in [0.15, 0.2) is 11.4 Å². The number of rotatable bonds is 4. The monoisotopic (exact) mass is 322 g/mol. The van der Waals surface area contributed by atoms with Gasteiger partial charge in [0.15, 0.2) is 0 Å². The van der Waals surface area contributed by atoms with Crippen LogP contribution >= 0.6 is 0 Å². The van der Waals surface area contributed by atoms with Crippen molar-refractivity contribution in [1.82, 2.24) is 0 Å². The number of allylic oxidation sites excluding steroid dienone is 1. The molecule has 0 atom stereocenters. The first-order chi connectivity index (χ1) is 10.3. The van der Waals surface area contributed by atoms with E-state index in [1.54, 1.807) is 0 Å². The minimum absolute atomic E-state index is 0.332. The Kier molecular flexibility index (Phi) is 4.89. The summed E-state index contributed by atoms with van der Waals surface area (Å²) >= 11 is 0. The molecule has 0 spiro atoms. The maximum absolute atomic E-state index is 6.19. The van der Waals surface area contributed by atoms with E-state index >= 15 is 0 Å². The molecular weight excluding hydrogens is 290 g/mol. The minimum atomic E-state index is -0.361. The van der Waals surface area contributed by atoms with Crippen molar-refractivity contribution >= 4 is 14.2 Å². The third kappa shape index (κ3) is 3.55. The summed E-state index contributed by atoms with van der Waals surface area (Å²) < 4.78 is 24.6. The zero-order chi connectivity index (χ0) is 17.7. The molecular formula is C17H32B2O4. The minimum Gasteiger partial charge on any atom is -0.400 e. The predicted molar refractivity (Wildman–Crippen MR) is 95.2 cm³/mol. The van der Waals surface area contributed by atoms with E-state index in [-0.39, 0.29) is 36.6 Å². The fourth-order valence-corrected chi connectivity index (χ4v) is 2.69. The molecule has 0 N–H and O–H groups in total. The summed E-state index contributed by atoms with van der Waals surface area (Å²) in [5, 5.41) is 0. The molecule has 6 heteroatoms. The first-order valence-corrected chi connectivity index (χ1v) is 8.73. The van der Waals surface area contributed by atoms with Crippen LogP contribution in [0.5, 0.6) is 0 Å². The second kappa shape index (κ2) is 5.90. The zero-order valence-electron chi connectivity index (χ0n) is 16.3. The van der Waals surface area contributed by atoms with Crippen LogP contribution in [-0.2, 0) is 18.6 Å². The average Bonchev–Trinajstić information content (AvgIpc) is 2.68. The van der Waals surface area contributed by atoms with E-state index in [1.807, 2.05) is 5.98 Å². The molecule has 2 saturated heterocycles. The molecule has 23 heavy (non-hydrogen) atoms. The molecule has 0 unspecified atom stereocenters. The summed E-state index contributed by atoms with van der Waals surface area (Å²) in [4.78, 5) is 0. The van der Waals surface area contributed by atoms with Gasteiger partial charge in [-0.1, -0.05) is 19.3 Å². The molecule has 0 aliphatic carbocycles. The molecule has 2 aliphatic rings. The van der Waals surface area contributed by atoms with E-state index in [2.05, 4.69) is 62.3 Å². The summed E-state index contributed by atoms with van der Waals surface area (Å²) in [6, 6.07) is 0. The van der Waals surface area contributed by atoms with Gasteiger partial charge in [0.2, 0.25) is 0 Å². The second-order valence-corrected chi connectivity index (χ2v) is 8.70. The van der Waals surface area contributed by atoms with E-state index in [9.17, 15) is 0 Å². The Hall–Kier alpha value is -0.290. The molecule has 0 bridgehead atoms. The number of hydrogen-bond acceptors (Lipinski definition) is 4. The molecule has 4 nitrogen and oxygen atoms in total. The van der Waals surface area contributed by atoms with Gasteiger partial charge in [0.25, 0.3) is 0 Å². The Morgan fingerprint density at radius 3 is 1.52 bits per heavy atom. The Balaban J connectivity index is 2.21. The standard InChI is InChI=1S/C17H32B2O4/c1-10-11-13(19-22-16(6,7)17(8,9)23-19)12-18-20-14(2,3)15(4,5)21-18/h12H,10-11H2,1-9H3/b13-12+. The molecule has 0 aromatic carbocycles. The average molecular weight is 322 g/mol. The van der Waals surface area contributed by atoms with Gasteiger partial charge in [-0.05, 0) is 67.3 Å².